The van der Waals surface area contributed by atoms with Crippen LogP contribution in [0.5, 0.6) is 0 Å². The second-order valence-electron chi connectivity index (χ2n) is 4.87. The van der Waals surface area contributed by atoms with Crippen molar-refractivity contribution in [1.82, 2.24) is 9.55 Å². The minimum absolute atomic E-state index is 0.389. The van der Waals surface area contributed by atoms with Crippen molar-refractivity contribution in [2.45, 2.75) is 13.3 Å². The zero-order chi connectivity index (χ0) is 15.0. The molecule has 0 aliphatic heterocycles. The van der Waals surface area contributed by atoms with Gasteiger partial charge in [0.2, 0.25) is 0 Å². The van der Waals surface area contributed by atoms with Crippen molar-refractivity contribution >= 4 is 22.6 Å². The molecule has 3 rings (SSSR count). The summed E-state index contributed by atoms with van der Waals surface area (Å²) in [6, 6.07) is 9.19. The predicted molar refractivity (Wildman–Crippen MR) is 80.1 cm³/mol. The molecule has 0 saturated carbocycles. The number of aromatic nitrogens is 2. The molecule has 21 heavy (non-hydrogen) atoms. The minimum Gasteiger partial charge on any atom is -0.296 e. The van der Waals surface area contributed by atoms with E-state index in [0.29, 0.717) is 23.8 Å². The maximum absolute atomic E-state index is 13.5. The zero-order valence-electron chi connectivity index (χ0n) is 11.4. The number of hydrogen-bond acceptors (Lipinski definition) is 1. The van der Waals surface area contributed by atoms with Crippen LogP contribution in [0, 0.1) is 18.6 Å². The molecule has 3 aromatic rings. The molecular weight excluding hydrogens is 294 g/mol. The summed E-state index contributed by atoms with van der Waals surface area (Å²) in [4.78, 5) is 4.57. The van der Waals surface area contributed by atoms with Crippen molar-refractivity contribution in [2.24, 2.45) is 0 Å². The van der Waals surface area contributed by atoms with Crippen LogP contribution in [0.15, 0.2) is 36.4 Å². The van der Waals surface area contributed by atoms with Crippen molar-refractivity contribution in [3.8, 4) is 5.69 Å². The highest BCUT2D eigenvalue weighted by Gasteiger charge is 2.14. The van der Waals surface area contributed by atoms with Crippen LogP contribution in [0.3, 0.4) is 0 Å². The van der Waals surface area contributed by atoms with Crippen LogP contribution in [0.25, 0.3) is 16.7 Å². The Labute approximate surface area is 126 Å². The summed E-state index contributed by atoms with van der Waals surface area (Å²) in [5, 5.41) is 0. The smallest absolute Gasteiger partial charge is 0.128 e. The number of fused-ring (bicyclic) bond motifs is 1. The molecular formula is C16H13ClF2N2. The van der Waals surface area contributed by atoms with E-state index < -0.39 is 11.6 Å². The number of halogens is 3. The number of rotatable bonds is 3. The fourth-order valence-electron chi connectivity index (χ4n) is 2.50. The van der Waals surface area contributed by atoms with Gasteiger partial charge in [-0.05, 0) is 30.7 Å². The van der Waals surface area contributed by atoms with Gasteiger partial charge >= 0.3 is 0 Å². The lowest BCUT2D eigenvalue weighted by atomic mass is 10.2. The lowest BCUT2D eigenvalue weighted by Crippen LogP contribution is -2.03. The van der Waals surface area contributed by atoms with E-state index >= 15 is 0 Å². The van der Waals surface area contributed by atoms with Crippen molar-refractivity contribution in [2.75, 3.05) is 5.88 Å². The summed E-state index contributed by atoms with van der Waals surface area (Å²) >= 11 is 5.82. The molecule has 0 N–H and O–H groups in total. The Hall–Kier alpha value is -1.94. The molecule has 1 heterocycles. The van der Waals surface area contributed by atoms with E-state index in [1.54, 1.807) is 4.57 Å². The summed E-state index contributed by atoms with van der Waals surface area (Å²) < 4.78 is 28.8. The number of benzene rings is 2. The molecule has 0 radical (unpaired) electrons. The summed E-state index contributed by atoms with van der Waals surface area (Å²) in [5.74, 6) is -0.146. The third-order valence-electron chi connectivity index (χ3n) is 3.38. The number of hydrogen-bond donors (Lipinski definition) is 0. The summed E-state index contributed by atoms with van der Waals surface area (Å²) in [6.45, 7) is 1.95. The van der Waals surface area contributed by atoms with Crippen LogP contribution in [-0.4, -0.2) is 15.4 Å². The number of aryl methyl sites for hydroxylation is 2. The Kier molecular flexibility index (Phi) is 3.64. The molecule has 1 aromatic heterocycles. The molecule has 0 amide bonds. The van der Waals surface area contributed by atoms with Crippen molar-refractivity contribution in [3.05, 3.63) is 59.4 Å². The monoisotopic (exact) mass is 306 g/mol. The first-order valence-electron chi connectivity index (χ1n) is 6.59. The summed E-state index contributed by atoms with van der Waals surface area (Å²) in [6.07, 6.45) is 0.522. The molecule has 0 aliphatic rings. The van der Waals surface area contributed by atoms with Gasteiger partial charge in [-0.3, -0.25) is 4.57 Å². The van der Waals surface area contributed by atoms with E-state index in [2.05, 4.69) is 4.98 Å². The maximum atomic E-state index is 13.5. The molecule has 0 spiro atoms. The van der Waals surface area contributed by atoms with E-state index in [4.69, 9.17) is 11.6 Å². The third kappa shape index (κ3) is 2.51. The fraction of sp³-hybridized carbons (Fsp3) is 0.188. The van der Waals surface area contributed by atoms with Crippen molar-refractivity contribution < 1.29 is 8.78 Å². The molecule has 2 nitrogen and oxygen atoms in total. The Morgan fingerprint density at radius 2 is 1.86 bits per heavy atom. The van der Waals surface area contributed by atoms with E-state index in [0.717, 1.165) is 22.7 Å². The summed E-state index contributed by atoms with van der Waals surface area (Å²) in [5.41, 5.74) is 3.07. The lowest BCUT2D eigenvalue weighted by Gasteiger charge is -2.09. The summed E-state index contributed by atoms with van der Waals surface area (Å²) in [7, 11) is 0. The number of alkyl halides is 1. The Morgan fingerprint density at radius 3 is 2.52 bits per heavy atom. The lowest BCUT2D eigenvalue weighted by molar-refractivity contribution is 0.581. The standard InChI is InChI=1S/C16H13ClF2N2/c1-10-3-2-4-14-16(10)20-15(5-6-17)21(14)13-8-11(18)7-12(19)9-13/h2-4,7-9H,5-6H2,1H3. The largest absolute Gasteiger partial charge is 0.296 e. The van der Waals surface area contributed by atoms with Crippen LogP contribution in [-0.2, 0) is 6.42 Å². The van der Waals surface area contributed by atoms with E-state index in [-0.39, 0.29) is 0 Å². The molecule has 0 atom stereocenters. The zero-order valence-corrected chi connectivity index (χ0v) is 12.2. The first kappa shape index (κ1) is 14.0. The third-order valence-corrected chi connectivity index (χ3v) is 3.57. The second-order valence-corrected chi connectivity index (χ2v) is 5.25. The number of imidazole rings is 1. The normalized spacial score (nSPS) is 11.2. The van der Waals surface area contributed by atoms with E-state index in [1.165, 1.54) is 12.1 Å². The van der Waals surface area contributed by atoms with E-state index in [9.17, 15) is 8.78 Å². The van der Waals surface area contributed by atoms with Gasteiger partial charge < -0.3 is 0 Å². The van der Waals surface area contributed by atoms with Gasteiger partial charge in [-0.1, -0.05) is 12.1 Å². The Balaban J connectivity index is 2.33. The quantitative estimate of drug-likeness (QED) is 0.656. The van der Waals surface area contributed by atoms with Gasteiger partial charge in [-0.15, -0.1) is 11.6 Å². The predicted octanol–water partition coefficient (Wildman–Crippen LogP) is 4.39. The van der Waals surface area contributed by atoms with Gasteiger partial charge in [0.25, 0.3) is 0 Å². The van der Waals surface area contributed by atoms with E-state index in [1.807, 2.05) is 25.1 Å². The Morgan fingerprint density at radius 1 is 1.14 bits per heavy atom. The fourth-order valence-corrected chi connectivity index (χ4v) is 2.67. The van der Waals surface area contributed by atoms with Gasteiger partial charge in [0.05, 0.1) is 16.7 Å². The number of nitrogens with zero attached hydrogens (tertiary/aromatic N) is 2. The Bertz CT molecular complexity index is 791. The number of para-hydroxylation sites is 1. The van der Waals surface area contributed by atoms with Crippen LogP contribution < -0.4 is 0 Å². The van der Waals surface area contributed by atoms with Gasteiger partial charge in [-0.2, -0.15) is 0 Å². The van der Waals surface area contributed by atoms with Crippen LogP contribution >= 0.6 is 11.6 Å². The van der Waals surface area contributed by atoms with Gasteiger partial charge in [0.15, 0.2) is 0 Å². The average molecular weight is 307 g/mol. The molecule has 0 aliphatic carbocycles. The van der Waals surface area contributed by atoms with Crippen molar-refractivity contribution in [3.63, 3.8) is 0 Å². The van der Waals surface area contributed by atoms with Crippen LogP contribution in [0.1, 0.15) is 11.4 Å². The average Bonchev–Trinajstić information content (AvgIpc) is 2.78. The highest BCUT2D eigenvalue weighted by Crippen LogP contribution is 2.25. The van der Waals surface area contributed by atoms with Crippen LogP contribution in [0.4, 0.5) is 8.78 Å². The van der Waals surface area contributed by atoms with Crippen LogP contribution in [0.2, 0.25) is 0 Å². The molecule has 0 fully saturated rings. The van der Waals surface area contributed by atoms with Crippen molar-refractivity contribution in [1.29, 1.82) is 0 Å². The van der Waals surface area contributed by atoms with Gasteiger partial charge in [0, 0.05) is 18.4 Å². The molecule has 5 heteroatoms. The molecule has 0 unspecified atom stereocenters. The maximum Gasteiger partial charge on any atom is 0.128 e. The topological polar surface area (TPSA) is 17.8 Å². The first-order chi connectivity index (χ1) is 10.1. The first-order valence-corrected chi connectivity index (χ1v) is 7.13. The molecule has 2 aromatic carbocycles. The molecule has 0 bridgehead atoms. The minimum atomic E-state index is -0.615. The second kappa shape index (κ2) is 5.45. The SMILES string of the molecule is Cc1cccc2c1nc(CCCl)n2-c1cc(F)cc(F)c1. The van der Waals surface area contributed by atoms with Gasteiger partial charge in [-0.25, -0.2) is 13.8 Å². The molecule has 0 saturated heterocycles. The molecule has 108 valence electrons. The highest BCUT2D eigenvalue weighted by atomic mass is 35.5. The highest BCUT2D eigenvalue weighted by molar-refractivity contribution is 6.17. The van der Waals surface area contributed by atoms with Gasteiger partial charge in [0.1, 0.15) is 17.5 Å².